The van der Waals surface area contributed by atoms with E-state index in [-0.39, 0.29) is 5.91 Å². The second-order valence-corrected chi connectivity index (χ2v) is 6.04. The van der Waals surface area contributed by atoms with Crippen molar-refractivity contribution in [2.24, 2.45) is 0 Å². The lowest BCUT2D eigenvalue weighted by molar-refractivity contribution is 0.0786. The van der Waals surface area contributed by atoms with Gasteiger partial charge in [-0.3, -0.25) is 4.79 Å². The number of nitrogens with two attached hydrogens (primary N) is 1. The summed E-state index contributed by atoms with van der Waals surface area (Å²) >= 11 is 7.48. The molecule has 1 heterocycles. The number of thiazole rings is 1. The summed E-state index contributed by atoms with van der Waals surface area (Å²) in [6.07, 6.45) is 1.79. The van der Waals surface area contributed by atoms with E-state index in [0.717, 1.165) is 9.88 Å². The molecule has 4 nitrogen and oxygen atoms in total. The molecule has 0 aliphatic rings. The average Bonchev–Trinajstić information content (AvgIpc) is 2.72. The Balaban J connectivity index is 2.14. The predicted molar refractivity (Wildman–Crippen MR) is 78.5 cm³/mol. The molecule has 100 valence electrons. The first kappa shape index (κ1) is 13.8. The van der Waals surface area contributed by atoms with Gasteiger partial charge < -0.3 is 10.6 Å². The molecular weight excluding hydrogens is 282 g/mol. The SMILES string of the molecule is Cc1ncc(CN(C)C(=O)c2cc(N)cc(Cl)c2)s1. The minimum absolute atomic E-state index is 0.111. The summed E-state index contributed by atoms with van der Waals surface area (Å²) in [5.41, 5.74) is 6.67. The fourth-order valence-electron chi connectivity index (χ4n) is 1.74. The Kier molecular flexibility index (Phi) is 4.07. The van der Waals surface area contributed by atoms with Crippen molar-refractivity contribution in [1.82, 2.24) is 9.88 Å². The second-order valence-electron chi connectivity index (χ2n) is 4.28. The molecule has 0 unspecified atom stereocenters. The van der Waals surface area contributed by atoms with Crippen LogP contribution in [-0.4, -0.2) is 22.8 Å². The van der Waals surface area contributed by atoms with Crippen LogP contribution in [0.3, 0.4) is 0 Å². The van der Waals surface area contributed by atoms with E-state index in [2.05, 4.69) is 4.98 Å². The van der Waals surface area contributed by atoms with Gasteiger partial charge in [-0.15, -0.1) is 11.3 Å². The van der Waals surface area contributed by atoms with Gasteiger partial charge in [-0.05, 0) is 25.1 Å². The van der Waals surface area contributed by atoms with Crippen LogP contribution in [0.15, 0.2) is 24.4 Å². The molecule has 0 spiro atoms. The normalized spacial score (nSPS) is 10.5. The van der Waals surface area contributed by atoms with Crippen LogP contribution in [0.1, 0.15) is 20.2 Å². The van der Waals surface area contributed by atoms with Gasteiger partial charge in [0.25, 0.3) is 5.91 Å². The summed E-state index contributed by atoms with van der Waals surface area (Å²) in [6, 6.07) is 4.86. The van der Waals surface area contributed by atoms with Crippen LogP contribution in [0.25, 0.3) is 0 Å². The minimum atomic E-state index is -0.111. The molecule has 1 amide bonds. The number of hydrogen-bond acceptors (Lipinski definition) is 4. The summed E-state index contributed by atoms with van der Waals surface area (Å²) in [5, 5.41) is 1.45. The highest BCUT2D eigenvalue weighted by Gasteiger charge is 2.14. The minimum Gasteiger partial charge on any atom is -0.399 e. The number of halogens is 1. The Hall–Kier alpha value is -1.59. The topological polar surface area (TPSA) is 59.2 Å². The van der Waals surface area contributed by atoms with E-state index in [4.69, 9.17) is 17.3 Å². The maximum Gasteiger partial charge on any atom is 0.254 e. The zero-order valence-corrected chi connectivity index (χ0v) is 12.3. The molecule has 0 aliphatic heterocycles. The van der Waals surface area contributed by atoms with Crippen LogP contribution in [0, 0.1) is 6.92 Å². The van der Waals surface area contributed by atoms with Crippen LogP contribution < -0.4 is 5.73 Å². The van der Waals surface area contributed by atoms with Gasteiger partial charge in [0.15, 0.2) is 0 Å². The van der Waals surface area contributed by atoms with E-state index in [1.807, 2.05) is 6.92 Å². The first-order valence-corrected chi connectivity index (χ1v) is 6.88. The van der Waals surface area contributed by atoms with E-state index >= 15 is 0 Å². The van der Waals surface area contributed by atoms with Crippen LogP contribution >= 0.6 is 22.9 Å². The fraction of sp³-hybridized carbons (Fsp3) is 0.231. The number of nitrogens with zero attached hydrogens (tertiary/aromatic N) is 2. The maximum atomic E-state index is 12.3. The van der Waals surface area contributed by atoms with Crippen molar-refractivity contribution in [2.75, 3.05) is 12.8 Å². The second kappa shape index (κ2) is 5.59. The Bertz CT molecular complexity index is 591. The lowest BCUT2D eigenvalue weighted by Gasteiger charge is -2.16. The third kappa shape index (κ3) is 3.45. The van der Waals surface area contributed by atoms with Gasteiger partial charge in [-0.25, -0.2) is 4.98 Å². The van der Waals surface area contributed by atoms with Crippen molar-refractivity contribution in [3.63, 3.8) is 0 Å². The zero-order valence-electron chi connectivity index (χ0n) is 10.7. The molecule has 0 radical (unpaired) electrons. The maximum absolute atomic E-state index is 12.3. The van der Waals surface area contributed by atoms with Gasteiger partial charge in [-0.1, -0.05) is 11.6 Å². The molecule has 2 N–H and O–H groups in total. The summed E-state index contributed by atoms with van der Waals surface area (Å²) in [5.74, 6) is -0.111. The molecule has 1 aromatic carbocycles. The van der Waals surface area contributed by atoms with Gasteiger partial charge in [0, 0.05) is 34.4 Å². The molecular formula is C13H14ClN3OS. The molecule has 0 saturated heterocycles. The van der Waals surface area contributed by atoms with E-state index in [1.54, 1.807) is 47.7 Å². The Labute approximate surface area is 120 Å². The highest BCUT2D eigenvalue weighted by Crippen LogP contribution is 2.19. The van der Waals surface area contributed by atoms with Gasteiger partial charge in [0.2, 0.25) is 0 Å². The standard InChI is InChI=1S/C13H14ClN3OS/c1-8-16-6-12(19-8)7-17(2)13(18)9-3-10(14)5-11(15)4-9/h3-6H,7,15H2,1-2H3. The largest absolute Gasteiger partial charge is 0.399 e. The van der Waals surface area contributed by atoms with Crippen molar-refractivity contribution < 1.29 is 4.79 Å². The molecule has 0 fully saturated rings. The first-order chi connectivity index (χ1) is 8.95. The van der Waals surface area contributed by atoms with Crippen molar-refractivity contribution in [1.29, 1.82) is 0 Å². The van der Waals surface area contributed by atoms with Crippen LogP contribution in [0.4, 0.5) is 5.69 Å². The summed E-state index contributed by atoms with van der Waals surface area (Å²) in [4.78, 5) is 19.1. The van der Waals surface area contributed by atoms with Crippen LogP contribution in [0.5, 0.6) is 0 Å². The molecule has 0 aliphatic carbocycles. The smallest absolute Gasteiger partial charge is 0.254 e. The van der Waals surface area contributed by atoms with E-state index < -0.39 is 0 Å². The molecule has 0 saturated carbocycles. The predicted octanol–water partition coefficient (Wildman–Crippen LogP) is 2.96. The van der Waals surface area contributed by atoms with Crippen molar-refractivity contribution in [2.45, 2.75) is 13.5 Å². The van der Waals surface area contributed by atoms with E-state index in [1.165, 1.54) is 0 Å². The third-order valence-electron chi connectivity index (χ3n) is 2.58. The number of nitrogen functional groups attached to an aromatic ring is 1. The highest BCUT2D eigenvalue weighted by atomic mass is 35.5. The molecule has 2 rings (SSSR count). The van der Waals surface area contributed by atoms with Crippen molar-refractivity contribution in [3.8, 4) is 0 Å². The molecule has 0 atom stereocenters. The fourth-order valence-corrected chi connectivity index (χ4v) is 2.83. The van der Waals surface area contributed by atoms with Gasteiger partial charge in [0.1, 0.15) is 0 Å². The quantitative estimate of drug-likeness (QED) is 0.886. The van der Waals surface area contributed by atoms with Crippen molar-refractivity contribution in [3.05, 3.63) is 44.9 Å². The van der Waals surface area contributed by atoms with Gasteiger partial charge >= 0.3 is 0 Å². The summed E-state index contributed by atoms with van der Waals surface area (Å²) in [7, 11) is 1.74. The molecule has 19 heavy (non-hydrogen) atoms. The number of aryl methyl sites for hydroxylation is 1. The highest BCUT2D eigenvalue weighted by molar-refractivity contribution is 7.11. The third-order valence-corrected chi connectivity index (χ3v) is 3.69. The van der Waals surface area contributed by atoms with Crippen molar-refractivity contribution >= 4 is 34.5 Å². The number of benzene rings is 1. The zero-order chi connectivity index (χ0) is 14.0. The summed E-state index contributed by atoms with van der Waals surface area (Å²) in [6.45, 7) is 2.46. The molecule has 6 heteroatoms. The van der Waals surface area contributed by atoms with Gasteiger partial charge in [-0.2, -0.15) is 0 Å². The Morgan fingerprint density at radius 2 is 2.21 bits per heavy atom. The Morgan fingerprint density at radius 1 is 1.47 bits per heavy atom. The Morgan fingerprint density at radius 3 is 2.79 bits per heavy atom. The monoisotopic (exact) mass is 295 g/mol. The molecule has 1 aromatic heterocycles. The molecule has 0 bridgehead atoms. The molecule has 2 aromatic rings. The first-order valence-electron chi connectivity index (χ1n) is 5.68. The lowest BCUT2D eigenvalue weighted by Crippen LogP contribution is -2.25. The van der Waals surface area contributed by atoms with Gasteiger partial charge in [0.05, 0.1) is 11.6 Å². The van der Waals surface area contributed by atoms with E-state index in [9.17, 15) is 4.79 Å². The average molecular weight is 296 g/mol. The van der Waals surface area contributed by atoms with E-state index in [0.29, 0.717) is 22.8 Å². The number of hydrogen-bond donors (Lipinski definition) is 1. The van der Waals surface area contributed by atoms with Crippen LogP contribution in [-0.2, 0) is 6.54 Å². The number of rotatable bonds is 3. The number of carbonyl (C=O) groups is 1. The number of amides is 1. The van der Waals surface area contributed by atoms with Crippen LogP contribution in [0.2, 0.25) is 5.02 Å². The lowest BCUT2D eigenvalue weighted by atomic mass is 10.2. The number of aromatic nitrogens is 1. The number of anilines is 1. The number of carbonyl (C=O) groups excluding carboxylic acids is 1. The summed E-state index contributed by atoms with van der Waals surface area (Å²) < 4.78 is 0.